The van der Waals surface area contributed by atoms with Gasteiger partial charge in [0.25, 0.3) is 17.7 Å². The van der Waals surface area contributed by atoms with Gasteiger partial charge in [-0.2, -0.15) is 0 Å². The Morgan fingerprint density at radius 3 is 2.37 bits per heavy atom. The molecule has 0 spiro atoms. The molecule has 5 amide bonds. The molecule has 1 aliphatic heterocycles. The maximum Gasteiger partial charge on any atom is 0.337 e. The highest BCUT2D eigenvalue weighted by Gasteiger charge is 2.37. The molecule has 3 aromatic carbocycles. The van der Waals surface area contributed by atoms with Gasteiger partial charge in [0.05, 0.1) is 38.6 Å². The summed E-state index contributed by atoms with van der Waals surface area (Å²) in [5.74, 6) is -2.27. The third kappa shape index (κ3) is 7.45. The Hall–Kier alpha value is -4.14. The summed E-state index contributed by atoms with van der Waals surface area (Å²) >= 11 is 13.9. The van der Waals surface area contributed by atoms with Gasteiger partial charge in [-0.05, 0) is 95.8 Å². The lowest BCUT2D eigenvalue weighted by Gasteiger charge is -2.26. The van der Waals surface area contributed by atoms with E-state index in [1.54, 1.807) is 25.1 Å². The number of carbonyl (C=O) groups excluding carboxylic acids is 5. The Morgan fingerprint density at radius 2 is 1.72 bits per heavy atom. The Labute approximate surface area is 269 Å². The fourth-order valence-corrected chi connectivity index (χ4v) is 4.99. The molecular weight excluding hydrogens is 716 g/mol. The number of barbiturate groups is 1. The van der Waals surface area contributed by atoms with Gasteiger partial charge in [-0.15, -0.1) is 0 Å². The number of nitrogens with zero attached hydrogens (tertiary/aromatic N) is 1. The average Bonchev–Trinajstić information content (AvgIpc) is 2.96. The SMILES string of the molecule is CCOc1cc(/C=C2/C(=O)NC(=O)N(c3ccc(C(=O)OC)cc3)C2=O)cc(I)c1OCC(=O)Nc1ccc(Cl)c(Cl)c1. The summed E-state index contributed by atoms with van der Waals surface area (Å²) in [6, 6.07) is 12.4. The molecule has 43 heavy (non-hydrogen) atoms. The van der Waals surface area contributed by atoms with E-state index >= 15 is 0 Å². The minimum Gasteiger partial charge on any atom is -0.490 e. The van der Waals surface area contributed by atoms with Crippen LogP contribution in [0.5, 0.6) is 11.5 Å². The number of hydrogen-bond acceptors (Lipinski definition) is 8. The third-order valence-corrected chi connectivity index (χ3v) is 7.38. The third-order valence-electron chi connectivity index (χ3n) is 5.84. The van der Waals surface area contributed by atoms with Crippen LogP contribution in [-0.4, -0.2) is 50.0 Å². The van der Waals surface area contributed by atoms with Crippen LogP contribution < -0.4 is 25.0 Å². The standard InChI is InChI=1S/C29H22Cl2IN3O8/c1-3-42-23-12-15(11-22(32)25(23)43-14-24(36)33-17-6-9-20(30)21(31)13-17)10-19-26(37)34-29(40)35(27(19)38)18-7-4-16(5-8-18)28(39)41-2/h4-13H,3,14H2,1-2H3,(H,33,36)(H,34,37,40)/b19-10-. The van der Waals surface area contributed by atoms with Gasteiger partial charge in [-0.25, -0.2) is 14.5 Å². The Bertz CT molecular complexity index is 1660. The largest absolute Gasteiger partial charge is 0.490 e. The molecule has 0 atom stereocenters. The van der Waals surface area contributed by atoms with Gasteiger partial charge in [0.1, 0.15) is 5.57 Å². The first-order valence-corrected chi connectivity index (χ1v) is 14.3. The molecule has 1 aliphatic rings. The summed E-state index contributed by atoms with van der Waals surface area (Å²) in [6.07, 6.45) is 1.31. The fourth-order valence-electron chi connectivity index (χ4n) is 3.91. The number of rotatable bonds is 9. The van der Waals surface area contributed by atoms with Crippen molar-refractivity contribution in [2.45, 2.75) is 6.92 Å². The van der Waals surface area contributed by atoms with Gasteiger partial charge in [0, 0.05) is 5.69 Å². The van der Waals surface area contributed by atoms with Gasteiger partial charge in [0.15, 0.2) is 18.1 Å². The summed E-state index contributed by atoms with van der Waals surface area (Å²) in [5.41, 5.74) is 0.877. The quantitative estimate of drug-likeness (QED) is 0.128. The number of methoxy groups -OCH3 is 1. The number of amides is 5. The van der Waals surface area contributed by atoms with Crippen molar-refractivity contribution >= 4 is 93.0 Å². The van der Waals surface area contributed by atoms with Crippen molar-refractivity contribution in [3.05, 3.63) is 84.9 Å². The average molecular weight is 738 g/mol. The van der Waals surface area contributed by atoms with Crippen LogP contribution in [0.25, 0.3) is 6.08 Å². The molecule has 0 radical (unpaired) electrons. The predicted octanol–water partition coefficient (Wildman–Crippen LogP) is 5.47. The number of imide groups is 2. The van der Waals surface area contributed by atoms with Gasteiger partial charge in [-0.3, -0.25) is 19.7 Å². The molecule has 4 rings (SSSR count). The molecule has 3 aromatic rings. The van der Waals surface area contributed by atoms with E-state index in [0.717, 1.165) is 4.90 Å². The van der Waals surface area contributed by atoms with Crippen molar-refractivity contribution in [3.8, 4) is 11.5 Å². The van der Waals surface area contributed by atoms with Crippen LogP contribution in [0.15, 0.2) is 60.2 Å². The smallest absolute Gasteiger partial charge is 0.337 e. The lowest BCUT2D eigenvalue weighted by Crippen LogP contribution is -2.54. The van der Waals surface area contributed by atoms with Gasteiger partial charge < -0.3 is 19.5 Å². The minimum absolute atomic E-state index is 0.140. The summed E-state index contributed by atoms with van der Waals surface area (Å²) < 4.78 is 16.7. The molecule has 1 fully saturated rings. The van der Waals surface area contributed by atoms with E-state index in [9.17, 15) is 24.0 Å². The van der Waals surface area contributed by atoms with Crippen LogP contribution in [0.1, 0.15) is 22.8 Å². The molecule has 14 heteroatoms. The summed E-state index contributed by atoms with van der Waals surface area (Å²) in [4.78, 5) is 63.6. The van der Waals surface area contributed by atoms with Crippen LogP contribution in [-0.2, 0) is 19.1 Å². The fraction of sp³-hybridized carbons (Fsp3) is 0.138. The molecule has 2 N–H and O–H groups in total. The van der Waals surface area contributed by atoms with Crippen molar-refractivity contribution in [3.63, 3.8) is 0 Å². The van der Waals surface area contributed by atoms with E-state index in [1.165, 1.54) is 49.6 Å². The maximum absolute atomic E-state index is 13.3. The number of halogens is 3. The maximum atomic E-state index is 13.3. The summed E-state index contributed by atoms with van der Waals surface area (Å²) in [7, 11) is 1.23. The highest BCUT2D eigenvalue weighted by Crippen LogP contribution is 2.35. The molecule has 0 bridgehead atoms. The molecule has 11 nitrogen and oxygen atoms in total. The number of nitrogens with one attached hydrogen (secondary N) is 2. The van der Waals surface area contributed by atoms with E-state index in [4.69, 9.17) is 32.7 Å². The number of anilines is 2. The van der Waals surface area contributed by atoms with E-state index in [2.05, 4.69) is 15.4 Å². The highest BCUT2D eigenvalue weighted by molar-refractivity contribution is 14.1. The molecule has 222 valence electrons. The highest BCUT2D eigenvalue weighted by atomic mass is 127. The molecule has 0 unspecified atom stereocenters. The van der Waals surface area contributed by atoms with E-state index in [-0.39, 0.29) is 46.6 Å². The van der Waals surface area contributed by atoms with Crippen LogP contribution in [0.2, 0.25) is 10.0 Å². The number of carbonyl (C=O) groups is 5. The van der Waals surface area contributed by atoms with Crippen LogP contribution in [0.4, 0.5) is 16.2 Å². The Morgan fingerprint density at radius 1 is 1.00 bits per heavy atom. The second-order valence-electron chi connectivity index (χ2n) is 8.73. The first-order valence-electron chi connectivity index (χ1n) is 12.5. The first-order chi connectivity index (χ1) is 20.5. The van der Waals surface area contributed by atoms with Crippen molar-refractivity contribution in [1.29, 1.82) is 0 Å². The number of hydrogen-bond donors (Lipinski definition) is 2. The van der Waals surface area contributed by atoms with Gasteiger partial charge in [-0.1, -0.05) is 23.2 Å². The van der Waals surface area contributed by atoms with Crippen molar-refractivity contribution < 1.29 is 38.2 Å². The number of esters is 1. The molecule has 0 aromatic heterocycles. The Balaban J connectivity index is 1.57. The first kappa shape index (κ1) is 31.8. The molecule has 0 aliphatic carbocycles. The van der Waals surface area contributed by atoms with Crippen molar-refractivity contribution in [2.24, 2.45) is 0 Å². The van der Waals surface area contributed by atoms with Gasteiger partial charge in [0.2, 0.25) is 0 Å². The number of benzene rings is 3. The monoisotopic (exact) mass is 737 g/mol. The zero-order valence-electron chi connectivity index (χ0n) is 22.5. The zero-order chi connectivity index (χ0) is 31.3. The zero-order valence-corrected chi connectivity index (χ0v) is 26.2. The second kappa shape index (κ2) is 13.9. The minimum atomic E-state index is -0.939. The van der Waals surface area contributed by atoms with E-state index in [1.807, 2.05) is 22.6 Å². The van der Waals surface area contributed by atoms with Crippen LogP contribution >= 0.6 is 45.8 Å². The summed E-state index contributed by atoms with van der Waals surface area (Å²) in [6.45, 7) is 1.65. The van der Waals surface area contributed by atoms with Gasteiger partial charge >= 0.3 is 12.0 Å². The molecule has 0 saturated carbocycles. The summed E-state index contributed by atoms with van der Waals surface area (Å²) in [5, 5.41) is 5.45. The predicted molar refractivity (Wildman–Crippen MR) is 168 cm³/mol. The molecule has 1 saturated heterocycles. The Kier molecular flexibility index (Phi) is 10.3. The van der Waals surface area contributed by atoms with Crippen LogP contribution in [0.3, 0.4) is 0 Å². The molecular formula is C29H22Cl2IN3O8. The topological polar surface area (TPSA) is 140 Å². The number of ether oxygens (including phenoxy) is 3. The lowest BCUT2D eigenvalue weighted by atomic mass is 10.1. The molecule has 1 heterocycles. The normalized spacial score (nSPS) is 13.9. The second-order valence-corrected chi connectivity index (χ2v) is 10.7. The van der Waals surface area contributed by atoms with Crippen molar-refractivity contribution in [1.82, 2.24) is 5.32 Å². The number of urea groups is 1. The van der Waals surface area contributed by atoms with Crippen LogP contribution in [0, 0.1) is 3.57 Å². The van der Waals surface area contributed by atoms with E-state index in [0.29, 0.717) is 19.8 Å². The lowest BCUT2D eigenvalue weighted by molar-refractivity contribution is -0.122. The van der Waals surface area contributed by atoms with E-state index < -0.39 is 29.7 Å². The van der Waals surface area contributed by atoms with Crippen molar-refractivity contribution in [2.75, 3.05) is 30.5 Å².